The molecule has 1 fully saturated rings. The van der Waals surface area contributed by atoms with Crippen molar-refractivity contribution in [1.29, 1.82) is 0 Å². The lowest BCUT2D eigenvalue weighted by molar-refractivity contribution is -0.139. The number of aryl methyl sites for hydroxylation is 1. The van der Waals surface area contributed by atoms with E-state index in [1.807, 2.05) is 33.3 Å². The Hall–Kier alpha value is -2.34. The van der Waals surface area contributed by atoms with E-state index < -0.39 is 11.8 Å². The summed E-state index contributed by atoms with van der Waals surface area (Å²) in [6.07, 6.45) is 4.02. The van der Waals surface area contributed by atoms with Crippen LogP contribution in [0.2, 0.25) is 0 Å². The summed E-state index contributed by atoms with van der Waals surface area (Å²) in [6, 6.07) is 8.37. The van der Waals surface area contributed by atoms with Crippen molar-refractivity contribution in [1.82, 2.24) is 20.1 Å². The molecule has 1 aliphatic carbocycles. The average molecular weight is 328 g/mol. The van der Waals surface area contributed by atoms with Crippen molar-refractivity contribution in [2.24, 2.45) is 7.05 Å². The molecular weight excluding hydrogens is 304 g/mol. The van der Waals surface area contributed by atoms with Crippen LogP contribution in [0, 0.1) is 0 Å². The quantitative estimate of drug-likeness (QED) is 0.810. The number of amides is 2. The van der Waals surface area contributed by atoms with Crippen LogP contribution in [0.15, 0.2) is 30.5 Å². The van der Waals surface area contributed by atoms with Crippen molar-refractivity contribution < 1.29 is 9.59 Å². The monoisotopic (exact) mass is 328 g/mol. The second-order valence-electron chi connectivity index (χ2n) is 6.65. The Morgan fingerprint density at radius 3 is 2.62 bits per heavy atom. The first-order valence-electron chi connectivity index (χ1n) is 8.26. The Morgan fingerprint density at radius 1 is 1.25 bits per heavy atom. The SMILES string of the molecule is CN(C)C(CNC(=O)C(=O)NC1CC1)c1cn(C)c2ccccc12. The van der Waals surface area contributed by atoms with Crippen LogP contribution < -0.4 is 10.6 Å². The van der Waals surface area contributed by atoms with Gasteiger partial charge in [-0.25, -0.2) is 0 Å². The van der Waals surface area contributed by atoms with E-state index in [1.54, 1.807) is 0 Å². The molecule has 2 aromatic rings. The van der Waals surface area contributed by atoms with Gasteiger partial charge in [-0.3, -0.25) is 9.59 Å². The highest BCUT2D eigenvalue weighted by Crippen LogP contribution is 2.28. The van der Waals surface area contributed by atoms with E-state index in [-0.39, 0.29) is 12.1 Å². The lowest BCUT2D eigenvalue weighted by atomic mass is 10.0. The smallest absolute Gasteiger partial charge is 0.309 e. The number of hydrogen-bond acceptors (Lipinski definition) is 3. The predicted molar refractivity (Wildman–Crippen MR) is 93.5 cm³/mol. The van der Waals surface area contributed by atoms with E-state index in [2.05, 4.69) is 38.4 Å². The summed E-state index contributed by atoms with van der Waals surface area (Å²) in [4.78, 5) is 25.8. The van der Waals surface area contributed by atoms with Gasteiger partial charge < -0.3 is 20.1 Å². The predicted octanol–water partition coefficient (Wildman–Crippen LogP) is 1.18. The molecule has 1 aromatic heterocycles. The van der Waals surface area contributed by atoms with Gasteiger partial charge in [-0.05, 0) is 38.6 Å². The molecule has 1 saturated carbocycles. The molecule has 6 nitrogen and oxygen atoms in total. The Bertz CT molecular complexity index is 761. The number of carbonyl (C=O) groups is 2. The molecule has 0 saturated heterocycles. The van der Waals surface area contributed by atoms with Crippen LogP contribution in [-0.2, 0) is 16.6 Å². The molecule has 24 heavy (non-hydrogen) atoms. The highest BCUT2D eigenvalue weighted by atomic mass is 16.2. The molecular formula is C18H24N4O2. The first kappa shape index (κ1) is 16.5. The number of benzene rings is 1. The lowest BCUT2D eigenvalue weighted by Gasteiger charge is -2.24. The number of nitrogens with zero attached hydrogens (tertiary/aromatic N) is 2. The summed E-state index contributed by atoms with van der Waals surface area (Å²) < 4.78 is 2.09. The van der Waals surface area contributed by atoms with Gasteiger partial charge in [0.1, 0.15) is 0 Å². The van der Waals surface area contributed by atoms with Gasteiger partial charge in [0.05, 0.1) is 6.04 Å². The molecule has 1 atom stereocenters. The highest BCUT2D eigenvalue weighted by Gasteiger charge is 2.27. The van der Waals surface area contributed by atoms with Crippen molar-refractivity contribution in [3.05, 3.63) is 36.0 Å². The van der Waals surface area contributed by atoms with Crippen LogP contribution in [0.5, 0.6) is 0 Å². The number of aromatic nitrogens is 1. The molecule has 0 radical (unpaired) electrons. The minimum absolute atomic E-state index is 0.00576. The van der Waals surface area contributed by atoms with Gasteiger partial charge >= 0.3 is 11.8 Å². The average Bonchev–Trinajstić information content (AvgIpc) is 3.31. The standard InChI is InChI=1S/C18H24N4O2/c1-21(2)16(10-19-17(23)18(24)20-12-8-9-12)14-11-22(3)15-7-5-4-6-13(14)15/h4-7,11-12,16H,8-10H2,1-3H3,(H,19,23)(H,20,24). The number of carbonyl (C=O) groups excluding carboxylic acids is 2. The molecule has 0 spiro atoms. The second kappa shape index (κ2) is 6.65. The van der Waals surface area contributed by atoms with E-state index in [1.165, 1.54) is 0 Å². The largest absolute Gasteiger partial charge is 0.350 e. The van der Waals surface area contributed by atoms with E-state index in [9.17, 15) is 9.59 Å². The van der Waals surface area contributed by atoms with E-state index in [0.717, 1.165) is 29.3 Å². The number of para-hydroxylation sites is 1. The maximum absolute atomic E-state index is 12.0. The lowest BCUT2D eigenvalue weighted by Crippen LogP contribution is -2.43. The van der Waals surface area contributed by atoms with Gasteiger partial charge in [0, 0.05) is 36.7 Å². The van der Waals surface area contributed by atoms with E-state index in [4.69, 9.17) is 0 Å². The summed E-state index contributed by atoms with van der Waals surface area (Å²) in [7, 11) is 5.96. The molecule has 1 aromatic carbocycles. The zero-order valence-corrected chi connectivity index (χ0v) is 14.4. The Morgan fingerprint density at radius 2 is 1.96 bits per heavy atom. The molecule has 3 rings (SSSR count). The molecule has 0 bridgehead atoms. The van der Waals surface area contributed by atoms with Gasteiger partial charge in [0.25, 0.3) is 0 Å². The van der Waals surface area contributed by atoms with E-state index >= 15 is 0 Å². The van der Waals surface area contributed by atoms with Crippen LogP contribution in [0.3, 0.4) is 0 Å². The number of hydrogen-bond donors (Lipinski definition) is 2. The second-order valence-corrected chi connectivity index (χ2v) is 6.65. The molecule has 0 aliphatic heterocycles. The fourth-order valence-electron chi connectivity index (χ4n) is 2.96. The summed E-state index contributed by atoms with van der Waals surface area (Å²) in [5.41, 5.74) is 2.29. The third-order valence-electron chi connectivity index (χ3n) is 4.48. The molecule has 6 heteroatoms. The zero-order valence-electron chi connectivity index (χ0n) is 14.4. The first-order valence-corrected chi connectivity index (χ1v) is 8.26. The summed E-state index contributed by atoms with van der Waals surface area (Å²) in [6.45, 7) is 0.387. The number of fused-ring (bicyclic) bond motifs is 1. The Kier molecular flexibility index (Phi) is 4.57. The van der Waals surface area contributed by atoms with Gasteiger partial charge in [-0.1, -0.05) is 18.2 Å². The number of nitrogens with one attached hydrogen (secondary N) is 2. The minimum Gasteiger partial charge on any atom is -0.350 e. The van der Waals surface area contributed by atoms with Crippen molar-refractivity contribution in [2.75, 3.05) is 20.6 Å². The van der Waals surface area contributed by atoms with Crippen molar-refractivity contribution >= 4 is 22.7 Å². The van der Waals surface area contributed by atoms with Gasteiger partial charge in [-0.15, -0.1) is 0 Å². The van der Waals surface area contributed by atoms with Crippen LogP contribution >= 0.6 is 0 Å². The fourth-order valence-corrected chi connectivity index (χ4v) is 2.96. The molecule has 2 amide bonds. The fraction of sp³-hybridized carbons (Fsp3) is 0.444. The third-order valence-corrected chi connectivity index (χ3v) is 4.48. The third kappa shape index (κ3) is 3.43. The summed E-state index contributed by atoms with van der Waals surface area (Å²) in [5.74, 6) is -1.10. The normalized spacial score (nSPS) is 15.5. The van der Waals surface area contributed by atoms with Crippen molar-refractivity contribution in [3.8, 4) is 0 Å². The number of rotatable bonds is 5. The topological polar surface area (TPSA) is 66.4 Å². The maximum Gasteiger partial charge on any atom is 0.309 e. The molecule has 1 aliphatic rings. The van der Waals surface area contributed by atoms with E-state index in [0.29, 0.717) is 6.54 Å². The van der Waals surface area contributed by atoms with Crippen molar-refractivity contribution in [3.63, 3.8) is 0 Å². The maximum atomic E-state index is 12.0. The zero-order chi connectivity index (χ0) is 17.3. The van der Waals surface area contributed by atoms with Gasteiger partial charge in [0.15, 0.2) is 0 Å². The molecule has 1 unspecified atom stereocenters. The number of likely N-dealkylation sites (N-methyl/N-ethyl adjacent to an activating group) is 1. The van der Waals surface area contributed by atoms with Crippen LogP contribution in [-0.4, -0.2) is 48.0 Å². The molecule has 2 N–H and O–H groups in total. The Balaban J connectivity index is 1.74. The van der Waals surface area contributed by atoms with Crippen LogP contribution in [0.4, 0.5) is 0 Å². The summed E-state index contributed by atoms with van der Waals surface area (Å²) in [5, 5.41) is 6.64. The molecule has 128 valence electrons. The van der Waals surface area contributed by atoms with Crippen LogP contribution in [0.25, 0.3) is 10.9 Å². The van der Waals surface area contributed by atoms with Gasteiger partial charge in [0.2, 0.25) is 0 Å². The summed E-state index contributed by atoms with van der Waals surface area (Å²) >= 11 is 0. The van der Waals surface area contributed by atoms with Crippen molar-refractivity contribution in [2.45, 2.75) is 24.9 Å². The minimum atomic E-state index is -0.561. The Labute approximate surface area is 141 Å². The van der Waals surface area contributed by atoms with Gasteiger partial charge in [-0.2, -0.15) is 0 Å². The molecule has 1 heterocycles. The highest BCUT2D eigenvalue weighted by molar-refractivity contribution is 6.35. The van der Waals surface area contributed by atoms with Crippen LogP contribution in [0.1, 0.15) is 24.4 Å². The first-order chi connectivity index (χ1) is 11.5.